The van der Waals surface area contributed by atoms with E-state index in [1.807, 2.05) is 18.2 Å². The molecule has 4 nitrogen and oxygen atoms in total. The van der Waals surface area contributed by atoms with Crippen LogP contribution in [0, 0.1) is 5.92 Å². The van der Waals surface area contributed by atoms with Gasteiger partial charge in [0.15, 0.2) is 0 Å². The Morgan fingerprint density at radius 1 is 1.53 bits per heavy atom. The molecule has 19 heavy (non-hydrogen) atoms. The summed E-state index contributed by atoms with van der Waals surface area (Å²) in [5.74, 6) is -0.397. The molecule has 1 unspecified atom stereocenters. The molecular weight excluding hydrogens is 260 g/mol. The molecule has 1 N–H and O–H groups in total. The van der Waals surface area contributed by atoms with Crippen molar-refractivity contribution in [3.05, 3.63) is 29.3 Å². The van der Waals surface area contributed by atoms with Gasteiger partial charge < -0.3 is 5.11 Å². The maximum absolute atomic E-state index is 10.6. The minimum Gasteiger partial charge on any atom is -0.481 e. The first-order valence-electron chi connectivity index (χ1n) is 6.45. The van der Waals surface area contributed by atoms with Gasteiger partial charge in [-0.15, -0.1) is 11.3 Å². The molecule has 1 saturated heterocycles. The normalized spacial score (nSPS) is 18.4. The molecule has 5 heteroatoms. The fourth-order valence-electron chi connectivity index (χ4n) is 2.53. The minimum atomic E-state index is -0.697. The van der Waals surface area contributed by atoms with Crippen LogP contribution >= 0.6 is 11.3 Å². The summed E-state index contributed by atoms with van der Waals surface area (Å²) in [6.45, 7) is 3.88. The Bertz CT molecular complexity index is 571. The van der Waals surface area contributed by atoms with Crippen molar-refractivity contribution in [2.24, 2.45) is 5.92 Å². The van der Waals surface area contributed by atoms with E-state index >= 15 is 0 Å². The van der Waals surface area contributed by atoms with Gasteiger partial charge in [-0.2, -0.15) is 0 Å². The number of rotatable bonds is 4. The number of likely N-dealkylation sites (tertiary alicyclic amines) is 1. The number of aliphatic carboxylic acids is 1. The van der Waals surface area contributed by atoms with Crippen LogP contribution in [0.1, 0.15) is 24.4 Å². The predicted octanol–water partition coefficient (Wildman–Crippen LogP) is 2.76. The second-order valence-corrected chi connectivity index (χ2v) is 6.18. The number of hydrogen-bond donors (Lipinski definition) is 1. The van der Waals surface area contributed by atoms with Crippen molar-refractivity contribution in [2.45, 2.75) is 19.4 Å². The number of para-hydroxylation sites is 1. The average molecular weight is 276 g/mol. The number of benzene rings is 1. The third-order valence-electron chi connectivity index (χ3n) is 3.66. The number of carbonyl (C=O) groups is 1. The van der Waals surface area contributed by atoms with Crippen molar-refractivity contribution < 1.29 is 9.90 Å². The van der Waals surface area contributed by atoms with E-state index in [-0.39, 0.29) is 12.5 Å². The summed E-state index contributed by atoms with van der Waals surface area (Å²) in [6.07, 6.45) is 0.281. The second-order valence-electron chi connectivity index (χ2n) is 5.11. The zero-order valence-corrected chi connectivity index (χ0v) is 11.6. The number of aromatic nitrogens is 1. The molecule has 1 atom stereocenters. The van der Waals surface area contributed by atoms with Gasteiger partial charge in [-0.05, 0) is 25.0 Å². The van der Waals surface area contributed by atoms with Gasteiger partial charge in [-0.25, -0.2) is 4.98 Å². The van der Waals surface area contributed by atoms with Crippen molar-refractivity contribution >= 4 is 27.5 Å². The highest BCUT2D eigenvalue weighted by molar-refractivity contribution is 7.18. The van der Waals surface area contributed by atoms with Crippen LogP contribution < -0.4 is 0 Å². The van der Waals surface area contributed by atoms with E-state index in [0.717, 1.165) is 23.6 Å². The highest BCUT2D eigenvalue weighted by Crippen LogP contribution is 2.33. The molecule has 100 valence electrons. The van der Waals surface area contributed by atoms with E-state index < -0.39 is 5.97 Å². The molecule has 0 amide bonds. The Kier molecular flexibility index (Phi) is 3.24. The summed E-state index contributed by atoms with van der Waals surface area (Å²) >= 11 is 1.73. The number of thiazole rings is 1. The van der Waals surface area contributed by atoms with E-state index in [2.05, 4.69) is 22.9 Å². The third-order valence-corrected chi connectivity index (χ3v) is 4.87. The molecule has 1 aromatic heterocycles. The fraction of sp³-hybridized carbons (Fsp3) is 0.429. The van der Waals surface area contributed by atoms with E-state index in [9.17, 15) is 4.79 Å². The molecule has 0 saturated carbocycles. The van der Waals surface area contributed by atoms with Gasteiger partial charge in [0.05, 0.1) is 22.7 Å². The quantitative estimate of drug-likeness (QED) is 0.933. The highest BCUT2D eigenvalue weighted by atomic mass is 32.1. The maximum Gasteiger partial charge on any atom is 0.303 e. The predicted molar refractivity (Wildman–Crippen MR) is 75.4 cm³/mol. The van der Waals surface area contributed by atoms with Crippen LogP contribution in [0.15, 0.2) is 24.3 Å². The van der Waals surface area contributed by atoms with E-state index in [0.29, 0.717) is 5.92 Å². The van der Waals surface area contributed by atoms with Crippen LogP contribution in [0.2, 0.25) is 0 Å². The van der Waals surface area contributed by atoms with Crippen LogP contribution in [0.25, 0.3) is 10.2 Å². The molecule has 1 fully saturated rings. The van der Waals surface area contributed by atoms with Crippen molar-refractivity contribution in [3.63, 3.8) is 0 Å². The first-order chi connectivity index (χ1) is 9.13. The molecule has 0 aliphatic carbocycles. The van der Waals surface area contributed by atoms with Crippen LogP contribution in [-0.4, -0.2) is 34.0 Å². The largest absolute Gasteiger partial charge is 0.481 e. The second kappa shape index (κ2) is 4.90. The molecule has 1 aliphatic heterocycles. The molecule has 0 radical (unpaired) electrons. The molecular formula is C14H16N2O2S. The van der Waals surface area contributed by atoms with Crippen molar-refractivity contribution in [1.29, 1.82) is 0 Å². The van der Waals surface area contributed by atoms with Crippen LogP contribution in [-0.2, 0) is 4.79 Å². The Hall–Kier alpha value is -1.46. The lowest BCUT2D eigenvalue weighted by Crippen LogP contribution is -2.48. The standard InChI is InChI=1S/C14H16N2O2S/c1-9(16-7-10(8-16)6-13(17)18)14-15-11-4-2-3-5-12(11)19-14/h2-5,9-10H,6-8H2,1H3,(H,17,18). The number of nitrogens with zero attached hydrogens (tertiary/aromatic N) is 2. The number of fused-ring (bicyclic) bond motifs is 1. The van der Waals surface area contributed by atoms with E-state index in [1.165, 1.54) is 4.70 Å². The fourth-order valence-corrected chi connectivity index (χ4v) is 3.58. The molecule has 1 aromatic carbocycles. The van der Waals surface area contributed by atoms with Gasteiger partial charge in [0.1, 0.15) is 5.01 Å². The van der Waals surface area contributed by atoms with E-state index in [1.54, 1.807) is 11.3 Å². The Morgan fingerprint density at radius 3 is 2.95 bits per heavy atom. The summed E-state index contributed by atoms with van der Waals surface area (Å²) in [4.78, 5) is 17.6. The summed E-state index contributed by atoms with van der Waals surface area (Å²) in [7, 11) is 0. The Balaban J connectivity index is 1.68. The molecule has 2 aromatic rings. The van der Waals surface area contributed by atoms with Crippen molar-refractivity contribution in [3.8, 4) is 0 Å². The number of carboxylic acid groups (broad SMARTS) is 1. The van der Waals surface area contributed by atoms with E-state index in [4.69, 9.17) is 5.11 Å². The SMILES string of the molecule is CC(c1nc2ccccc2s1)N1CC(CC(=O)O)C1. The van der Waals surface area contributed by atoms with Gasteiger partial charge >= 0.3 is 5.97 Å². The smallest absolute Gasteiger partial charge is 0.303 e. The maximum atomic E-state index is 10.6. The highest BCUT2D eigenvalue weighted by Gasteiger charge is 2.33. The molecule has 0 bridgehead atoms. The summed E-state index contributed by atoms with van der Waals surface area (Å²) in [6, 6.07) is 8.44. The summed E-state index contributed by atoms with van der Waals surface area (Å²) < 4.78 is 1.21. The first kappa shape index (κ1) is 12.6. The molecule has 0 spiro atoms. The lowest BCUT2D eigenvalue weighted by atomic mass is 9.95. The number of carboxylic acids is 1. The topological polar surface area (TPSA) is 53.4 Å². The Morgan fingerprint density at radius 2 is 2.26 bits per heavy atom. The van der Waals surface area contributed by atoms with Crippen LogP contribution in [0.5, 0.6) is 0 Å². The van der Waals surface area contributed by atoms with Gasteiger partial charge in [0.2, 0.25) is 0 Å². The van der Waals surface area contributed by atoms with Crippen molar-refractivity contribution in [1.82, 2.24) is 9.88 Å². The first-order valence-corrected chi connectivity index (χ1v) is 7.26. The lowest BCUT2D eigenvalue weighted by Gasteiger charge is -2.41. The van der Waals surface area contributed by atoms with Gasteiger partial charge in [0, 0.05) is 13.1 Å². The lowest BCUT2D eigenvalue weighted by molar-refractivity contribution is -0.139. The Labute approximate surface area is 115 Å². The summed E-state index contributed by atoms with van der Waals surface area (Å²) in [5, 5.41) is 9.88. The number of hydrogen-bond acceptors (Lipinski definition) is 4. The van der Waals surface area contributed by atoms with Gasteiger partial charge in [0.25, 0.3) is 0 Å². The van der Waals surface area contributed by atoms with Gasteiger partial charge in [-0.3, -0.25) is 9.69 Å². The zero-order valence-electron chi connectivity index (χ0n) is 10.7. The van der Waals surface area contributed by atoms with Gasteiger partial charge in [-0.1, -0.05) is 12.1 Å². The third kappa shape index (κ3) is 2.48. The average Bonchev–Trinajstić information content (AvgIpc) is 2.75. The molecule has 1 aliphatic rings. The van der Waals surface area contributed by atoms with Crippen molar-refractivity contribution in [2.75, 3.05) is 13.1 Å². The zero-order chi connectivity index (χ0) is 13.4. The monoisotopic (exact) mass is 276 g/mol. The molecule has 3 rings (SSSR count). The minimum absolute atomic E-state index is 0.280. The summed E-state index contributed by atoms with van der Waals surface area (Å²) in [5.41, 5.74) is 1.05. The van der Waals surface area contributed by atoms with Crippen LogP contribution in [0.4, 0.5) is 0 Å². The molecule has 2 heterocycles. The van der Waals surface area contributed by atoms with Crippen LogP contribution in [0.3, 0.4) is 0 Å².